The van der Waals surface area contributed by atoms with E-state index in [4.69, 9.17) is 9.97 Å². The molecule has 0 aliphatic heterocycles. The largest absolute Gasteiger partial charge is 0.236 e. The van der Waals surface area contributed by atoms with Gasteiger partial charge in [0.25, 0.3) is 0 Å². The second-order valence-corrected chi connectivity index (χ2v) is 13.2. The van der Waals surface area contributed by atoms with Gasteiger partial charge in [0, 0.05) is 28.8 Å². The zero-order chi connectivity index (χ0) is 27.8. The molecule has 0 spiro atoms. The van der Waals surface area contributed by atoms with Gasteiger partial charge in [0.2, 0.25) is 0 Å². The number of benzene rings is 6. The monoisotopic (exact) mass is 526 g/mol. The third-order valence-electron chi connectivity index (χ3n) is 10.1. The number of hydrogen-bond acceptors (Lipinski definition) is 2. The Hall–Kier alpha value is -4.56. The topological polar surface area (TPSA) is 25.8 Å². The van der Waals surface area contributed by atoms with Crippen molar-refractivity contribution in [2.75, 3.05) is 0 Å². The SMILES string of the molecule is Cc1cnc(-c2ccc3ccc4c5c(cc6ccc2c3c64)C(C)(C)c2cc3c(cc2-5)C(C)(C)c2ccccc2-3)nc1. The Kier molecular flexibility index (Phi) is 4.17. The van der Waals surface area contributed by atoms with E-state index in [0.29, 0.717) is 0 Å². The highest BCUT2D eigenvalue weighted by Gasteiger charge is 2.42. The van der Waals surface area contributed by atoms with Crippen LogP contribution in [-0.4, -0.2) is 9.97 Å². The molecule has 1 aromatic heterocycles. The minimum atomic E-state index is -0.0906. The molecule has 0 unspecified atom stereocenters. The average Bonchev–Trinajstić information content (AvgIpc) is 3.34. The molecule has 1 heterocycles. The summed E-state index contributed by atoms with van der Waals surface area (Å²) in [5.74, 6) is 0.780. The zero-order valence-corrected chi connectivity index (χ0v) is 24.1. The number of nitrogens with zero attached hydrogens (tertiary/aromatic N) is 2. The van der Waals surface area contributed by atoms with Crippen LogP contribution < -0.4 is 0 Å². The van der Waals surface area contributed by atoms with Gasteiger partial charge in [-0.1, -0.05) is 82.3 Å². The summed E-state index contributed by atoms with van der Waals surface area (Å²) in [6.07, 6.45) is 3.81. The van der Waals surface area contributed by atoms with Crippen molar-refractivity contribution in [3.8, 4) is 33.6 Å². The molecule has 7 aromatic rings. The van der Waals surface area contributed by atoms with Gasteiger partial charge < -0.3 is 0 Å². The van der Waals surface area contributed by atoms with E-state index in [2.05, 4.69) is 107 Å². The predicted octanol–water partition coefficient (Wildman–Crippen LogP) is 9.96. The maximum Gasteiger partial charge on any atom is 0.159 e. The summed E-state index contributed by atoms with van der Waals surface area (Å²) in [5.41, 5.74) is 13.3. The molecule has 2 heteroatoms. The lowest BCUT2D eigenvalue weighted by Gasteiger charge is -2.24. The normalized spacial score (nSPS) is 15.8. The first kappa shape index (κ1) is 23.2. The summed E-state index contributed by atoms with van der Waals surface area (Å²) in [6.45, 7) is 11.6. The molecular formula is C39H30N2. The highest BCUT2D eigenvalue weighted by atomic mass is 14.9. The summed E-state index contributed by atoms with van der Waals surface area (Å²) < 4.78 is 0. The van der Waals surface area contributed by atoms with Crippen LogP contribution in [0, 0.1) is 6.92 Å². The van der Waals surface area contributed by atoms with E-state index in [9.17, 15) is 0 Å². The van der Waals surface area contributed by atoms with E-state index in [1.807, 2.05) is 19.3 Å². The second-order valence-electron chi connectivity index (χ2n) is 13.2. The second kappa shape index (κ2) is 7.39. The highest BCUT2D eigenvalue weighted by molar-refractivity contribution is 6.28. The molecule has 2 aliphatic rings. The minimum Gasteiger partial charge on any atom is -0.236 e. The van der Waals surface area contributed by atoms with Crippen molar-refractivity contribution in [1.82, 2.24) is 9.97 Å². The molecule has 0 fully saturated rings. The fourth-order valence-corrected chi connectivity index (χ4v) is 8.00. The van der Waals surface area contributed by atoms with Crippen LogP contribution >= 0.6 is 0 Å². The standard InChI is InChI=1S/C39H30N2/c1-21-19-40-37(41-20-21)26-14-10-22-11-15-27-35-23(12-13-25(26)34(22)35)16-33-36(27)29-18-31-28(17-32(29)39(33,4)5)24-8-6-7-9-30(24)38(31,2)3/h6-20H,1-5H3. The number of fused-ring (bicyclic) bond motifs is 7. The summed E-state index contributed by atoms with van der Waals surface area (Å²) >= 11 is 0. The lowest BCUT2D eigenvalue weighted by atomic mass is 9.79. The zero-order valence-electron chi connectivity index (χ0n) is 24.1. The van der Waals surface area contributed by atoms with Crippen LogP contribution in [0.4, 0.5) is 0 Å². The Morgan fingerprint density at radius 1 is 0.512 bits per heavy atom. The van der Waals surface area contributed by atoms with E-state index in [-0.39, 0.29) is 10.8 Å². The molecule has 0 bridgehead atoms. The Balaban J connectivity index is 1.38. The van der Waals surface area contributed by atoms with Crippen LogP contribution in [0.5, 0.6) is 0 Å². The van der Waals surface area contributed by atoms with Crippen LogP contribution in [0.3, 0.4) is 0 Å². The first-order valence-corrected chi connectivity index (χ1v) is 14.6. The van der Waals surface area contributed by atoms with Gasteiger partial charge in [-0.15, -0.1) is 0 Å². The maximum atomic E-state index is 4.69. The van der Waals surface area contributed by atoms with Gasteiger partial charge >= 0.3 is 0 Å². The van der Waals surface area contributed by atoms with Crippen molar-refractivity contribution >= 4 is 32.3 Å². The van der Waals surface area contributed by atoms with Crippen LogP contribution in [-0.2, 0) is 10.8 Å². The molecule has 41 heavy (non-hydrogen) atoms. The first-order valence-electron chi connectivity index (χ1n) is 14.6. The Morgan fingerprint density at radius 2 is 1.15 bits per heavy atom. The molecule has 6 aromatic carbocycles. The fraction of sp³-hybridized carbons (Fsp3) is 0.179. The minimum absolute atomic E-state index is 0.0272. The number of aromatic nitrogens is 2. The van der Waals surface area contributed by atoms with Crippen molar-refractivity contribution in [3.63, 3.8) is 0 Å². The fourth-order valence-electron chi connectivity index (χ4n) is 8.00. The Bertz CT molecular complexity index is 2250. The van der Waals surface area contributed by atoms with Crippen molar-refractivity contribution in [2.45, 2.75) is 45.4 Å². The van der Waals surface area contributed by atoms with Gasteiger partial charge in [-0.2, -0.15) is 0 Å². The number of hydrogen-bond donors (Lipinski definition) is 0. The molecule has 196 valence electrons. The van der Waals surface area contributed by atoms with E-state index >= 15 is 0 Å². The van der Waals surface area contributed by atoms with Gasteiger partial charge in [0.05, 0.1) is 0 Å². The predicted molar refractivity (Wildman–Crippen MR) is 171 cm³/mol. The maximum absolute atomic E-state index is 4.69. The van der Waals surface area contributed by atoms with Crippen LogP contribution in [0.15, 0.2) is 91.3 Å². The Morgan fingerprint density at radius 3 is 1.98 bits per heavy atom. The molecule has 9 rings (SSSR count). The van der Waals surface area contributed by atoms with Crippen LogP contribution in [0.25, 0.3) is 66.0 Å². The van der Waals surface area contributed by atoms with Crippen LogP contribution in [0.2, 0.25) is 0 Å². The average molecular weight is 527 g/mol. The van der Waals surface area contributed by atoms with Gasteiger partial charge in [-0.3, -0.25) is 0 Å². The van der Waals surface area contributed by atoms with E-state index in [0.717, 1.165) is 17.0 Å². The molecule has 0 amide bonds. The van der Waals surface area contributed by atoms with Gasteiger partial charge in [-0.25, -0.2) is 9.97 Å². The summed E-state index contributed by atoms with van der Waals surface area (Å²) in [5, 5.41) is 7.78. The molecule has 0 radical (unpaired) electrons. The third kappa shape index (κ3) is 2.78. The lowest BCUT2D eigenvalue weighted by Crippen LogP contribution is -2.17. The van der Waals surface area contributed by atoms with Gasteiger partial charge in [-0.05, 0) is 114 Å². The molecule has 0 saturated heterocycles. The van der Waals surface area contributed by atoms with Gasteiger partial charge in [0.1, 0.15) is 0 Å². The van der Waals surface area contributed by atoms with Crippen molar-refractivity contribution in [3.05, 3.63) is 119 Å². The molecule has 0 atom stereocenters. The Labute approximate surface area is 240 Å². The van der Waals surface area contributed by atoms with E-state index < -0.39 is 0 Å². The first-order chi connectivity index (χ1) is 19.7. The van der Waals surface area contributed by atoms with Crippen molar-refractivity contribution in [2.24, 2.45) is 0 Å². The molecule has 2 nitrogen and oxygen atoms in total. The molecule has 0 N–H and O–H groups in total. The quantitative estimate of drug-likeness (QED) is 0.199. The third-order valence-corrected chi connectivity index (χ3v) is 10.1. The van der Waals surface area contributed by atoms with Crippen molar-refractivity contribution < 1.29 is 0 Å². The lowest BCUT2D eigenvalue weighted by molar-refractivity contribution is 0.652. The van der Waals surface area contributed by atoms with Gasteiger partial charge in [0.15, 0.2) is 5.82 Å². The highest BCUT2D eigenvalue weighted by Crippen LogP contribution is 2.58. The van der Waals surface area contributed by atoms with E-state index in [1.165, 1.54) is 76.8 Å². The smallest absolute Gasteiger partial charge is 0.159 e. The van der Waals surface area contributed by atoms with Crippen molar-refractivity contribution in [1.29, 1.82) is 0 Å². The van der Waals surface area contributed by atoms with Crippen LogP contribution in [0.1, 0.15) is 55.5 Å². The number of rotatable bonds is 1. The molecular weight excluding hydrogens is 496 g/mol. The summed E-state index contributed by atoms with van der Waals surface area (Å²) in [4.78, 5) is 9.38. The summed E-state index contributed by atoms with van der Waals surface area (Å²) in [7, 11) is 0. The number of aryl methyl sites for hydroxylation is 1. The molecule has 0 saturated carbocycles. The molecule has 2 aliphatic carbocycles. The summed E-state index contributed by atoms with van der Waals surface area (Å²) in [6, 6.07) is 30.1. The van der Waals surface area contributed by atoms with E-state index in [1.54, 1.807) is 0 Å².